The highest BCUT2D eigenvalue weighted by Crippen LogP contribution is 2.19. The summed E-state index contributed by atoms with van der Waals surface area (Å²) in [7, 11) is 0. The van der Waals surface area contributed by atoms with Crippen molar-refractivity contribution in [2.45, 2.75) is 0 Å². The monoisotopic (exact) mass is 430 g/mol. The highest BCUT2D eigenvalue weighted by Gasteiger charge is 1.95. The molecule has 2 aromatic carbocycles. The Labute approximate surface area is 183 Å². The number of halogens is 2. The summed E-state index contributed by atoms with van der Waals surface area (Å²) in [4.78, 5) is 8.10. The van der Waals surface area contributed by atoms with E-state index in [9.17, 15) is 0 Å². The average Bonchev–Trinajstić information content (AvgIpc) is 2.71. The summed E-state index contributed by atoms with van der Waals surface area (Å²) in [5.74, 6) is 0. The predicted octanol–water partition coefficient (Wildman–Crippen LogP) is 4.68. The van der Waals surface area contributed by atoms with Gasteiger partial charge in [-0.3, -0.25) is 9.97 Å². The molecule has 0 saturated heterocycles. The molecule has 0 bridgehead atoms. The first-order valence-corrected chi connectivity index (χ1v) is 8.24. The van der Waals surface area contributed by atoms with Gasteiger partial charge < -0.3 is 16.9 Å². The fourth-order valence-corrected chi connectivity index (χ4v) is 2.42. The maximum absolute atomic E-state index is 5.59. The quantitative estimate of drug-likeness (QED) is 0.449. The van der Waals surface area contributed by atoms with Gasteiger partial charge in [-0.1, -0.05) is 36.4 Å². The molecule has 0 fully saturated rings. The van der Waals surface area contributed by atoms with Crippen LogP contribution in [0.1, 0.15) is 0 Å². The molecule has 4 aromatic rings. The third-order valence-electron chi connectivity index (χ3n) is 3.81. The van der Waals surface area contributed by atoms with Gasteiger partial charge in [-0.05, 0) is 58.7 Å². The Kier molecular flexibility index (Phi) is 11.7. The summed E-state index contributed by atoms with van der Waals surface area (Å²) in [6, 6.07) is 23.4. The van der Waals surface area contributed by atoms with E-state index in [1.165, 1.54) is 0 Å². The second-order valence-corrected chi connectivity index (χ2v) is 5.73. The molecule has 4 rings (SSSR count). The van der Waals surface area contributed by atoms with Crippen molar-refractivity contribution in [1.82, 2.24) is 9.97 Å². The lowest BCUT2D eigenvalue weighted by Gasteiger charge is -2.00. The van der Waals surface area contributed by atoms with Crippen LogP contribution in [0, 0.1) is 0 Å². The van der Waals surface area contributed by atoms with Gasteiger partial charge in [-0.15, -0.1) is 24.8 Å². The highest BCUT2D eigenvalue weighted by molar-refractivity contribution is 5.85. The first-order chi connectivity index (χ1) is 12.7. The minimum Gasteiger partial charge on any atom is -0.412 e. The van der Waals surface area contributed by atoms with Crippen molar-refractivity contribution < 1.29 is 5.48 Å². The Morgan fingerprint density at radius 3 is 1.10 bits per heavy atom. The molecule has 0 unspecified atom stereocenters. The van der Waals surface area contributed by atoms with E-state index in [0.29, 0.717) is 0 Å². The molecule has 0 spiro atoms. The molecule has 0 radical (unpaired) electrons. The van der Waals surface area contributed by atoms with Gasteiger partial charge in [0.05, 0.1) is 0 Å². The molecule has 5 nitrogen and oxygen atoms in total. The largest absolute Gasteiger partial charge is 0.412 e. The van der Waals surface area contributed by atoms with Crippen molar-refractivity contribution in [3.8, 4) is 22.3 Å². The summed E-state index contributed by atoms with van der Waals surface area (Å²) < 4.78 is 0. The third-order valence-corrected chi connectivity index (χ3v) is 3.81. The lowest BCUT2D eigenvalue weighted by Crippen LogP contribution is -1.84. The molecule has 2 heterocycles. The summed E-state index contributed by atoms with van der Waals surface area (Å²) in [5.41, 5.74) is 17.3. The minimum absolute atomic E-state index is 0. The number of aromatic nitrogens is 2. The standard InChI is InChI=1S/2C11H10N2.2ClH.H2O/c2*12-11-5-3-9(4-6-11)10-2-1-7-13-8-10;;;/h2*1-8H,12H2;2*1H;1H2. The molecule has 0 aliphatic rings. The lowest BCUT2D eigenvalue weighted by atomic mass is 10.1. The maximum Gasteiger partial charge on any atom is 0.0346 e. The third kappa shape index (κ3) is 7.79. The Bertz CT molecular complexity index is 855. The summed E-state index contributed by atoms with van der Waals surface area (Å²) in [5, 5.41) is 0. The van der Waals surface area contributed by atoms with E-state index in [4.69, 9.17) is 11.5 Å². The Balaban J connectivity index is 0.000000490. The van der Waals surface area contributed by atoms with Crippen LogP contribution in [0.25, 0.3) is 22.3 Å². The lowest BCUT2D eigenvalue weighted by molar-refractivity contribution is 0.824. The summed E-state index contributed by atoms with van der Waals surface area (Å²) in [6.07, 6.45) is 7.21. The number of anilines is 2. The molecular weight excluding hydrogens is 407 g/mol. The second-order valence-electron chi connectivity index (χ2n) is 5.73. The predicted molar refractivity (Wildman–Crippen MR) is 126 cm³/mol. The van der Waals surface area contributed by atoms with Crippen LogP contribution in [0.4, 0.5) is 11.4 Å². The van der Waals surface area contributed by atoms with Crippen molar-refractivity contribution in [2.75, 3.05) is 11.5 Å². The zero-order chi connectivity index (χ0) is 18.2. The Hall–Kier alpha value is -3.12. The molecule has 7 heteroatoms. The van der Waals surface area contributed by atoms with Gasteiger partial charge in [0.2, 0.25) is 0 Å². The van der Waals surface area contributed by atoms with Gasteiger partial charge in [0.25, 0.3) is 0 Å². The molecule has 29 heavy (non-hydrogen) atoms. The van der Waals surface area contributed by atoms with Crippen molar-refractivity contribution in [3.05, 3.63) is 97.6 Å². The maximum atomic E-state index is 5.59. The van der Waals surface area contributed by atoms with E-state index in [2.05, 4.69) is 9.97 Å². The van der Waals surface area contributed by atoms with Crippen LogP contribution in [-0.2, 0) is 0 Å². The highest BCUT2D eigenvalue weighted by atomic mass is 35.5. The van der Waals surface area contributed by atoms with E-state index in [1.807, 2.05) is 85.2 Å². The average molecular weight is 431 g/mol. The molecule has 0 amide bonds. The summed E-state index contributed by atoms with van der Waals surface area (Å²) in [6.45, 7) is 0. The van der Waals surface area contributed by atoms with Crippen molar-refractivity contribution in [3.63, 3.8) is 0 Å². The van der Waals surface area contributed by atoms with Crippen LogP contribution in [0.2, 0.25) is 0 Å². The number of nitrogens with zero attached hydrogens (tertiary/aromatic N) is 2. The first kappa shape index (κ1) is 25.9. The van der Waals surface area contributed by atoms with Gasteiger partial charge in [0, 0.05) is 36.2 Å². The number of rotatable bonds is 2. The molecule has 152 valence electrons. The van der Waals surface area contributed by atoms with Crippen LogP contribution < -0.4 is 11.5 Å². The fourth-order valence-electron chi connectivity index (χ4n) is 2.42. The van der Waals surface area contributed by atoms with Crippen LogP contribution in [0.15, 0.2) is 97.6 Å². The van der Waals surface area contributed by atoms with E-state index in [1.54, 1.807) is 12.4 Å². The van der Waals surface area contributed by atoms with E-state index >= 15 is 0 Å². The van der Waals surface area contributed by atoms with E-state index < -0.39 is 0 Å². The first-order valence-electron chi connectivity index (χ1n) is 8.24. The number of hydrogen-bond acceptors (Lipinski definition) is 4. The normalized spacial score (nSPS) is 8.83. The van der Waals surface area contributed by atoms with Crippen LogP contribution in [0.3, 0.4) is 0 Å². The molecule has 0 aliphatic heterocycles. The SMILES string of the molecule is Cl.Cl.Nc1ccc(-c2cccnc2)cc1.Nc1ccc(-c2cccnc2)cc1.O. The molecule has 0 aliphatic carbocycles. The molecule has 2 aromatic heterocycles. The van der Waals surface area contributed by atoms with Crippen molar-refractivity contribution in [2.24, 2.45) is 0 Å². The van der Waals surface area contributed by atoms with Crippen LogP contribution in [0.5, 0.6) is 0 Å². The molecule has 0 atom stereocenters. The van der Waals surface area contributed by atoms with E-state index in [0.717, 1.165) is 33.6 Å². The number of nitrogen functional groups attached to an aromatic ring is 2. The fraction of sp³-hybridized carbons (Fsp3) is 0. The number of benzene rings is 2. The van der Waals surface area contributed by atoms with Gasteiger partial charge >= 0.3 is 0 Å². The summed E-state index contributed by atoms with van der Waals surface area (Å²) >= 11 is 0. The van der Waals surface area contributed by atoms with Gasteiger partial charge in [-0.2, -0.15) is 0 Å². The van der Waals surface area contributed by atoms with Crippen molar-refractivity contribution >= 4 is 36.2 Å². The number of pyridine rings is 2. The smallest absolute Gasteiger partial charge is 0.0346 e. The van der Waals surface area contributed by atoms with E-state index in [-0.39, 0.29) is 30.3 Å². The zero-order valence-corrected chi connectivity index (χ0v) is 17.2. The Morgan fingerprint density at radius 2 is 0.828 bits per heavy atom. The second kappa shape index (κ2) is 13.1. The minimum atomic E-state index is 0. The zero-order valence-electron chi connectivity index (χ0n) is 15.6. The van der Waals surface area contributed by atoms with Crippen LogP contribution >= 0.6 is 24.8 Å². The van der Waals surface area contributed by atoms with Crippen LogP contribution in [-0.4, -0.2) is 15.4 Å². The number of nitrogens with two attached hydrogens (primary N) is 2. The topological polar surface area (TPSA) is 109 Å². The van der Waals surface area contributed by atoms with Gasteiger partial charge in [0.15, 0.2) is 0 Å². The Morgan fingerprint density at radius 1 is 0.483 bits per heavy atom. The van der Waals surface area contributed by atoms with Gasteiger partial charge in [-0.25, -0.2) is 0 Å². The number of hydrogen-bond donors (Lipinski definition) is 2. The van der Waals surface area contributed by atoms with Gasteiger partial charge in [0.1, 0.15) is 0 Å². The molecule has 0 saturated carbocycles. The van der Waals surface area contributed by atoms with Crippen molar-refractivity contribution in [1.29, 1.82) is 0 Å². The molecule has 6 N–H and O–H groups in total. The molecular formula is C22H24Cl2N4O.